The zero-order valence-electron chi connectivity index (χ0n) is 14.4. The molecule has 0 fully saturated rings. The fraction of sp³-hybridized carbons (Fsp3) is 0.222. The standard InChI is InChI=1S/C18H17NO4S.Na/c1-11-14(10-18(21)22)15-8-12(23-2)5-6-16(15)19(11)17(20)9-13-4-3-7-24-13;/h3-8H,9-10H2,1-2H3,(H,21,22);/q;+1/p-1. The van der Waals surface area contributed by atoms with Gasteiger partial charge in [0.1, 0.15) is 5.75 Å². The van der Waals surface area contributed by atoms with Gasteiger partial charge in [-0.05, 0) is 42.1 Å². The van der Waals surface area contributed by atoms with Crippen LogP contribution in [-0.2, 0) is 17.6 Å². The minimum Gasteiger partial charge on any atom is -0.550 e. The van der Waals surface area contributed by atoms with Gasteiger partial charge in [-0.1, -0.05) is 6.07 Å². The van der Waals surface area contributed by atoms with Gasteiger partial charge in [0.05, 0.1) is 19.0 Å². The summed E-state index contributed by atoms with van der Waals surface area (Å²) >= 11 is 1.52. The molecule has 7 heteroatoms. The van der Waals surface area contributed by atoms with Crippen molar-refractivity contribution >= 4 is 34.1 Å². The Bertz CT molecular complexity index is 915. The SMILES string of the molecule is COc1ccc2c(c1)c(CC(=O)[O-])c(C)n2C(=O)Cc1cccs1.[Na+]. The average Bonchev–Trinajstić information content (AvgIpc) is 3.14. The van der Waals surface area contributed by atoms with Gasteiger partial charge in [-0.15, -0.1) is 11.3 Å². The Kier molecular flexibility index (Phi) is 6.46. The monoisotopic (exact) mass is 365 g/mol. The molecule has 1 aromatic carbocycles. The van der Waals surface area contributed by atoms with E-state index in [4.69, 9.17) is 4.74 Å². The van der Waals surface area contributed by atoms with Crippen molar-refractivity contribution in [2.24, 2.45) is 0 Å². The summed E-state index contributed by atoms with van der Waals surface area (Å²) in [6, 6.07) is 9.12. The number of carboxylic acid groups (broad SMARTS) is 1. The Morgan fingerprint density at radius 2 is 2.00 bits per heavy atom. The van der Waals surface area contributed by atoms with Crippen molar-refractivity contribution < 1.29 is 49.0 Å². The maximum Gasteiger partial charge on any atom is 1.00 e. The van der Waals surface area contributed by atoms with Crippen LogP contribution in [0.4, 0.5) is 0 Å². The van der Waals surface area contributed by atoms with Crippen LogP contribution in [0.15, 0.2) is 35.7 Å². The second kappa shape index (κ2) is 8.19. The molecule has 25 heavy (non-hydrogen) atoms. The van der Waals surface area contributed by atoms with Crippen LogP contribution in [0.1, 0.15) is 20.9 Å². The maximum absolute atomic E-state index is 12.8. The zero-order chi connectivity index (χ0) is 17.3. The molecule has 3 rings (SSSR count). The van der Waals surface area contributed by atoms with Crippen LogP contribution in [0.5, 0.6) is 5.75 Å². The molecule has 2 heterocycles. The molecular weight excluding hydrogens is 349 g/mol. The third-order valence-corrected chi connectivity index (χ3v) is 4.89. The third-order valence-electron chi connectivity index (χ3n) is 4.02. The van der Waals surface area contributed by atoms with E-state index in [-0.39, 0.29) is 48.3 Å². The van der Waals surface area contributed by atoms with Crippen molar-refractivity contribution in [1.82, 2.24) is 4.57 Å². The Labute approximate surface area is 171 Å². The smallest absolute Gasteiger partial charge is 0.550 e. The van der Waals surface area contributed by atoms with Crippen LogP contribution >= 0.6 is 11.3 Å². The molecule has 0 saturated carbocycles. The minimum atomic E-state index is -1.18. The fourth-order valence-electron chi connectivity index (χ4n) is 2.92. The van der Waals surface area contributed by atoms with Gasteiger partial charge in [-0.2, -0.15) is 0 Å². The second-order valence-electron chi connectivity index (χ2n) is 5.48. The largest absolute Gasteiger partial charge is 1.00 e. The van der Waals surface area contributed by atoms with Crippen molar-refractivity contribution in [2.45, 2.75) is 19.8 Å². The number of thiophene rings is 1. The van der Waals surface area contributed by atoms with E-state index in [0.29, 0.717) is 27.9 Å². The molecule has 0 amide bonds. The van der Waals surface area contributed by atoms with Crippen molar-refractivity contribution in [2.75, 3.05) is 7.11 Å². The average molecular weight is 365 g/mol. The second-order valence-corrected chi connectivity index (χ2v) is 6.51. The quantitative estimate of drug-likeness (QED) is 0.555. The van der Waals surface area contributed by atoms with Crippen LogP contribution in [0.25, 0.3) is 10.9 Å². The molecule has 0 N–H and O–H groups in total. The van der Waals surface area contributed by atoms with Crippen molar-refractivity contribution in [3.05, 3.63) is 51.8 Å². The zero-order valence-corrected chi connectivity index (χ0v) is 17.2. The first-order chi connectivity index (χ1) is 11.5. The number of hydrogen-bond donors (Lipinski definition) is 0. The van der Waals surface area contributed by atoms with Crippen molar-refractivity contribution in [3.63, 3.8) is 0 Å². The van der Waals surface area contributed by atoms with E-state index in [1.54, 1.807) is 36.8 Å². The minimum absolute atomic E-state index is 0. The van der Waals surface area contributed by atoms with E-state index in [9.17, 15) is 14.7 Å². The summed E-state index contributed by atoms with van der Waals surface area (Å²) < 4.78 is 6.81. The number of benzene rings is 1. The fourth-order valence-corrected chi connectivity index (χ4v) is 3.62. The third kappa shape index (κ3) is 3.98. The molecule has 0 saturated heterocycles. The molecule has 0 atom stereocenters. The molecule has 0 aliphatic carbocycles. The van der Waals surface area contributed by atoms with Gasteiger partial charge in [0.25, 0.3) is 0 Å². The van der Waals surface area contributed by atoms with Gasteiger partial charge < -0.3 is 14.6 Å². The molecule has 0 spiro atoms. The molecule has 0 aliphatic heterocycles. The number of carbonyl (C=O) groups is 2. The number of hydrogen-bond acceptors (Lipinski definition) is 5. The van der Waals surface area contributed by atoms with E-state index in [2.05, 4.69) is 0 Å². The number of ether oxygens (including phenoxy) is 1. The van der Waals surface area contributed by atoms with Crippen LogP contribution in [-0.4, -0.2) is 23.6 Å². The van der Waals surface area contributed by atoms with Crippen molar-refractivity contribution in [3.8, 4) is 5.75 Å². The molecule has 2 aromatic heterocycles. The van der Waals surface area contributed by atoms with Gasteiger partial charge in [-0.3, -0.25) is 9.36 Å². The molecular formula is C18H16NNaO4S. The van der Waals surface area contributed by atoms with Gasteiger partial charge in [0.15, 0.2) is 0 Å². The number of methoxy groups -OCH3 is 1. The van der Waals surface area contributed by atoms with E-state index in [1.165, 1.54) is 11.3 Å². The van der Waals surface area contributed by atoms with Crippen LogP contribution < -0.4 is 39.4 Å². The summed E-state index contributed by atoms with van der Waals surface area (Å²) in [6.45, 7) is 1.76. The van der Waals surface area contributed by atoms with Crippen molar-refractivity contribution in [1.29, 1.82) is 0 Å². The molecule has 3 aromatic rings. The van der Waals surface area contributed by atoms with Crippen LogP contribution in [0.3, 0.4) is 0 Å². The van der Waals surface area contributed by atoms with Gasteiger partial charge >= 0.3 is 29.6 Å². The number of aromatic nitrogens is 1. The van der Waals surface area contributed by atoms with E-state index in [1.807, 2.05) is 17.5 Å². The van der Waals surface area contributed by atoms with Gasteiger partial charge in [-0.25, -0.2) is 0 Å². The molecule has 5 nitrogen and oxygen atoms in total. The molecule has 124 valence electrons. The maximum atomic E-state index is 12.8. The van der Waals surface area contributed by atoms with E-state index in [0.717, 1.165) is 4.88 Å². The summed E-state index contributed by atoms with van der Waals surface area (Å²) in [5.74, 6) is -0.648. The Morgan fingerprint density at radius 1 is 1.24 bits per heavy atom. The number of aliphatic carboxylic acids is 1. The van der Waals surface area contributed by atoms with Crippen LogP contribution in [0.2, 0.25) is 0 Å². The van der Waals surface area contributed by atoms with E-state index >= 15 is 0 Å². The molecule has 0 aliphatic rings. The number of carbonyl (C=O) groups excluding carboxylic acids is 2. The number of rotatable bonds is 5. The summed E-state index contributed by atoms with van der Waals surface area (Å²) in [6.07, 6.45) is 0.0356. The van der Waals surface area contributed by atoms with Gasteiger partial charge in [0.2, 0.25) is 5.91 Å². The normalized spacial score (nSPS) is 10.5. The Hall–Kier alpha value is -1.60. The summed E-state index contributed by atoms with van der Waals surface area (Å²) in [5, 5.41) is 13.8. The first-order valence-corrected chi connectivity index (χ1v) is 8.32. The van der Waals surface area contributed by atoms with Crippen LogP contribution in [0, 0.1) is 6.92 Å². The summed E-state index contributed by atoms with van der Waals surface area (Å²) in [7, 11) is 1.55. The first kappa shape index (κ1) is 19.7. The summed E-state index contributed by atoms with van der Waals surface area (Å²) in [4.78, 5) is 24.9. The molecule has 0 radical (unpaired) electrons. The predicted octanol–water partition coefficient (Wildman–Crippen LogP) is -0.801. The summed E-state index contributed by atoms with van der Waals surface area (Å²) in [5.41, 5.74) is 1.90. The molecule has 0 bridgehead atoms. The Balaban J connectivity index is 0.00000225. The number of fused-ring (bicyclic) bond motifs is 1. The van der Waals surface area contributed by atoms with E-state index < -0.39 is 5.97 Å². The number of nitrogens with zero attached hydrogens (tertiary/aromatic N) is 1. The topological polar surface area (TPSA) is 71.4 Å². The van der Waals surface area contributed by atoms with Gasteiger partial charge in [0, 0.05) is 28.3 Å². The number of carboxylic acids is 1. The Morgan fingerprint density at radius 3 is 2.60 bits per heavy atom. The molecule has 0 unspecified atom stereocenters. The predicted molar refractivity (Wildman–Crippen MR) is 90.6 cm³/mol. The first-order valence-electron chi connectivity index (χ1n) is 7.44.